The fourth-order valence-corrected chi connectivity index (χ4v) is 1.68. The largest absolute Gasteiger partial charge is 0.338 e. The lowest BCUT2D eigenvalue weighted by atomic mass is 9.75. The average Bonchev–Trinajstić information content (AvgIpc) is 2.87. The van der Waals surface area contributed by atoms with E-state index in [1.54, 1.807) is 18.2 Å². The molecule has 0 bridgehead atoms. The van der Waals surface area contributed by atoms with Gasteiger partial charge in [-0.05, 0) is 33.8 Å². The number of nitro benzene ring substituents is 1. The molecule has 0 aliphatic rings. The van der Waals surface area contributed by atoms with Gasteiger partial charge in [-0.1, -0.05) is 17.3 Å². The molecule has 2 aromatic rings. The van der Waals surface area contributed by atoms with Crippen LogP contribution in [0.3, 0.4) is 0 Å². The van der Waals surface area contributed by atoms with Crippen LogP contribution < -0.4 is 5.73 Å². The topological polar surface area (TPSA) is 108 Å². The zero-order valence-electron chi connectivity index (χ0n) is 12.5. The van der Waals surface area contributed by atoms with Crippen LogP contribution in [0, 0.1) is 10.1 Å². The molecule has 1 heterocycles. The molecule has 0 aliphatic heterocycles. The minimum absolute atomic E-state index is 0.0605. The highest BCUT2D eigenvalue weighted by Crippen LogP contribution is 2.34. The lowest BCUT2D eigenvalue weighted by Crippen LogP contribution is -2.50. The quantitative estimate of drug-likeness (QED) is 0.685. The van der Waals surface area contributed by atoms with Gasteiger partial charge in [-0.2, -0.15) is 4.98 Å². The maximum absolute atomic E-state index is 11.1. The second kappa shape index (κ2) is 4.92. The van der Waals surface area contributed by atoms with Crippen molar-refractivity contribution in [3.05, 3.63) is 40.3 Å². The SMILES string of the molecule is CC(C)(N)C(C)(C)c1nc(-c2ccccc2[N+](=O)[O-])no1. The molecule has 0 fully saturated rings. The fraction of sp³-hybridized carbons (Fsp3) is 0.429. The zero-order valence-corrected chi connectivity index (χ0v) is 12.5. The Hall–Kier alpha value is -2.28. The van der Waals surface area contributed by atoms with Crippen molar-refractivity contribution in [1.82, 2.24) is 10.1 Å². The predicted molar refractivity (Wildman–Crippen MR) is 77.7 cm³/mol. The Morgan fingerprint density at radius 1 is 1.24 bits per heavy atom. The summed E-state index contributed by atoms with van der Waals surface area (Å²) >= 11 is 0. The summed E-state index contributed by atoms with van der Waals surface area (Å²) in [6, 6.07) is 6.28. The molecule has 112 valence electrons. The van der Waals surface area contributed by atoms with Gasteiger partial charge in [0.25, 0.3) is 5.69 Å². The highest BCUT2D eigenvalue weighted by molar-refractivity contribution is 5.67. The molecular weight excluding hydrogens is 272 g/mol. The van der Waals surface area contributed by atoms with Crippen LogP contribution in [0.2, 0.25) is 0 Å². The summed E-state index contributed by atoms with van der Waals surface area (Å²) in [5.41, 5.74) is 5.25. The van der Waals surface area contributed by atoms with E-state index in [9.17, 15) is 10.1 Å². The van der Waals surface area contributed by atoms with Crippen LogP contribution in [0.25, 0.3) is 11.4 Å². The molecule has 0 saturated heterocycles. The van der Waals surface area contributed by atoms with E-state index < -0.39 is 15.9 Å². The maximum atomic E-state index is 11.1. The molecule has 1 aromatic heterocycles. The Morgan fingerprint density at radius 3 is 2.43 bits per heavy atom. The summed E-state index contributed by atoms with van der Waals surface area (Å²) in [5, 5.41) is 14.9. The number of nitrogens with zero attached hydrogens (tertiary/aromatic N) is 3. The Bertz CT molecular complexity index is 671. The highest BCUT2D eigenvalue weighted by atomic mass is 16.6. The molecule has 21 heavy (non-hydrogen) atoms. The third kappa shape index (κ3) is 2.64. The van der Waals surface area contributed by atoms with Crippen molar-refractivity contribution in [2.45, 2.75) is 38.6 Å². The molecule has 0 saturated carbocycles. The summed E-state index contributed by atoms with van der Waals surface area (Å²) in [6.45, 7) is 7.51. The van der Waals surface area contributed by atoms with Crippen molar-refractivity contribution in [2.24, 2.45) is 5.73 Å². The van der Waals surface area contributed by atoms with Crippen molar-refractivity contribution >= 4 is 5.69 Å². The van der Waals surface area contributed by atoms with Gasteiger partial charge < -0.3 is 10.3 Å². The Kier molecular flexibility index (Phi) is 3.54. The van der Waals surface area contributed by atoms with E-state index in [0.29, 0.717) is 11.5 Å². The summed E-state index contributed by atoms with van der Waals surface area (Å²) in [7, 11) is 0. The third-order valence-electron chi connectivity index (χ3n) is 3.91. The van der Waals surface area contributed by atoms with Crippen LogP contribution in [-0.2, 0) is 5.41 Å². The van der Waals surface area contributed by atoms with Crippen LogP contribution in [0.4, 0.5) is 5.69 Å². The van der Waals surface area contributed by atoms with Crippen LogP contribution in [0.5, 0.6) is 0 Å². The van der Waals surface area contributed by atoms with Crippen molar-refractivity contribution in [3.63, 3.8) is 0 Å². The third-order valence-corrected chi connectivity index (χ3v) is 3.91. The number of rotatable bonds is 4. The normalized spacial score (nSPS) is 12.4. The molecule has 1 aromatic carbocycles. The maximum Gasteiger partial charge on any atom is 0.280 e. The molecule has 0 spiro atoms. The second-order valence-corrected chi connectivity index (χ2v) is 6.04. The number of hydrogen-bond acceptors (Lipinski definition) is 6. The standard InChI is InChI=1S/C14H18N4O3/c1-13(2,14(3,4)15)12-16-11(17-21-12)9-7-5-6-8-10(9)18(19)20/h5-8H,15H2,1-4H3. The van der Waals surface area contributed by atoms with E-state index in [2.05, 4.69) is 10.1 Å². The highest BCUT2D eigenvalue weighted by Gasteiger charge is 2.40. The van der Waals surface area contributed by atoms with Crippen LogP contribution in [0.1, 0.15) is 33.6 Å². The zero-order chi connectivity index (χ0) is 15.8. The van der Waals surface area contributed by atoms with Gasteiger partial charge in [0, 0.05) is 11.6 Å². The van der Waals surface area contributed by atoms with Gasteiger partial charge in [-0.25, -0.2) is 0 Å². The number of benzene rings is 1. The van der Waals surface area contributed by atoms with Gasteiger partial charge in [0.15, 0.2) is 0 Å². The van der Waals surface area contributed by atoms with E-state index in [1.165, 1.54) is 6.07 Å². The average molecular weight is 290 g/mol. The van der Waals surface area contributed by atoms with E-state index in [0.717, 1.165) is 0 Å². The van der Waals surface area contributed by atoms with Crippen LogP contribution in [-0.4, -0.2) is 20.6 Å². The Balaban J connectivity index is 2.49. The summed E-state index contributed by atoms with van der Waals surface area (Å²) < 4.78 is 5.28. The first-order valence-corrected chi connectivity index (χ1v) is 6.51. The smallest absolute Gasteiger partial charge is 0.280 e. The molecule has 0 amide bonds. The Morgan fingerprint density at radius 2 is 1.86 bits per heavy atom. The van der Waals surface area contributed by atoms with Crippen molar-refractivity contribution < 1.29 is 9.45 Å². The van der Waals surface area contributed by atoms with E-state index in [4.69, 9.17) is 10.3 Å². The molecule has 0 radical (unpaired) electrons. The van der Waals surface area contributed by atoms with E-state index in [-0.39, 0.29) is 11.5 Å². The number of nitro groups is 1. The lowest BCUT2D eigenvalue weighted by Gasteiger charge is -2.34. The number of hydrogen-bond donors (Lipinski definition) is 1. The van der Waals surface area contributed by atoms with E-state index >= 15 is 0 Å². The van der Waals surface area contributed by atoms with Crippen molar-refractivity contribution in [1.29, 1.82) is 0 Å². The molecule has 2 N–H and O–H groups in total. The Labute approximate surface area is 122 Å². The number of para-hydroxylation sites is 1. The second-order valence-electron chi connectivity index (χ2n) is 6.04. The van der Waals surface area contributed by atoms with Gasteiger partial charge in [-0.3, -0.25) is 10.1 Å². The molecule has 0 aliphatic carbocycles. The first-order valence-electron chi connectivity index (χ1n) is 6.51. The predicted octanol–water partition coefficient (Wildman–Crippen LogP) is 2.66. The van der Waals surface area contributed by atoms with Crippen molar-refractivity contribution in [2.75, 3.05) is 0 Å². The molecule has 7 nitrogen and oxygen atoms in total. The molecular formula is C14H18N4O3. The van der Waals surface area contributed by atoms with Crippen LogP contribution in [0.15, 0.2) is 28.8 Å². The monoisotopic (exact) mass is 290 g/mol. The first-order chi connectivity index (χ1) is 9.64. The van der Waals surface area contributed by atoms with E-state index in [1.807, 2.05) is 27.7 Å². The van der Waals surface area contributed by atoms with Gasteiger partial charge in [0.1, 0.15) is 5.56 Å². The summed E-state index contributed by atoms with van der Waals surface area (Å²) in [6.07, 6.45) is 0. The van der Waals surface area contributed by atoms with Crippen LogP contribution >= 0.6 is 0 Å². The molecule has 0 unspecified atom stereocenters. The minimum Gasteiger partial charge on any atom is -0.338 e. The first kappa shape index (κ1) is 15.1. The van der Waals surface area contributed by atoms with Gasteiger partial charge in [0.05, 0.1) is 10.3 Å². The number of nitrogens with two attached hydrogens (primary N) is 1. The van der Waals surface area contributed by atoms with Gasteiger partial charge in [-0.15, -0.1) is 0 Å². The molecule has 2 rings (SSSR count). The minimum atomic E-state index is -0.584. The number of aromatic nitrogens is 2. The van der Waals surface area contributed by atoms with Crippen molar-refractivity contribution in [3.8, 4) is 11.4 Å². The summed E-state index contributed by atoms with van der Waals surface area (Å²) in [4.78, 5) is 14.9. The molecule has 7 heteroatoms. The lowest BCUT2D eigenvalue weighted by molar-refractivity contribution is -0.384. The fourth-order valence-electron chi connectivity index (χ4n) is 1.68. The van der Waals surface area contributed by atoms with Gasteiger partial charge >= 0.3 is 0 Å². The summed E-state index contributed by atoms with van der Waals surface area (Å²) in [5.74, 6) is 0.540. The molecule has 0 atom stereocenters. The van der Waals surface area contributed by atoms with Gasteiger partial charge in [0.2, 0.25) is 11.7 Å².